The number of ether oxygens (including phenoxy) is 2. The molecule has 0 N–H and O–H groups in total. The van der Waals surface area contributed by atoms with Gasteiger partial charge in [0.15, 0.2) is 17.8 Å². The Morgan fingerprint density at radius 3 is 2.69 bits per heavy atom. The molecule has 3 nitrogen and oxygen atoms in total. The fraction of sp³-hybridized carbons (Fsp3) is 0.417. The van der Waals surface area contributed by atoms with Gasteiger partial charge in [0, 0.05) is 17.5 Å². The molecule has 0 unspecified atom stereocenters. The lowest BCUT2D eigenvalue weighted by Gasteiger charge is -2.14. The molecule has 0 saturated heterocycles. The number of fused-ring (bicyclic) bond motifs is 1. The zero-order valence-corrected chi connectivity index (χ0v) is 10.7. The van der Waals surface area contributed by atoms with Gasteiger partial charge in [-0.2, -0.15) is 0 Å². The second-order valence-electron chi connectivity index (χ2n) is 3.61. The van der Waals surface area contributed by atoms with Crippen molar-refractivity contribution < 1.29 is 14.3 Å². The van der Waals surface area contributed by atoms with Crippen LogP contribution in [0.25, 0.3) is 0 Å². The number of benzene rings is 1. The van der Waals surface area contributed by atoms with Crippen LogP contribution in [0.1, 0.15) is 29.3 Å². The Morgan fingerprint density at radius 1 is 1.38 bits per heavy atom. The first-order valence-electron chi connectivity index (χ1n) is 5.34. The van der Waals surface area contributed by atoms with Crippen molar-refractivity contribution in [2.24, 2.45) is 0 Å². The molecule has 1 heterocycles. The van der Waals surface area contributed by atoms with Gasteiger partial charge >= 0.3 is 0 Å². The summed E-state index contributed by atoms with van der Waals surface area (Å²) in [4.78, 5) is 11.0. The summed E-state index contributed by atoms with van der Waals surface area (Å²) in [6, 6.07) is 1.79. The highest BCUT2D eigenvalue weighted by Gasteiger charge is 2.20. The Kier molecular flexibility index (Phi) is 3.49. The Labute approximate surface area is 103 Å². The lowest BCUT2D eigenvalue weighted by atomic mass is 10.0. The van der Waals surface area contributed by atoms with Gasteiger partial charge in [-0.15, -0.1) is 0 Å². The lowest BCUT2D eigenvalue weighted by Crippen LogP contribution is -2.01. The van der Waals surface area contributed by atoms with Crippen LogP contribution in [0.4, 0.5) is 0 Å². The molecule has 86 valence electrons. The predicted molar refractivity (Wildman–Crippen MR) is 64.5 cm³/mol. The Hall–Kier alpha value is -1.03. The van der Waals surface area contributed by atoms with Crippen molar-refractivity contribution in [2.45, 2.75) is 19.8 Å². The van der Waals surface area contributed by atoms with Crippen LogP contribution in [0.3, 0.4) is 0 Å². The van der Waals surface area contributed by atoms with E-state index in [-0.39, 0.29) is 0 Å². The number of aldehydes is 1. The quantitative estimate of drug-likeness (QED) is 0.784. The molecular formula is C12H13BrO3. The molecule has 0 atom stereocenters. The molecule has 1 aliphatic rings. The number of hydrogen-bond acceptors (Lipinski definition) is 3. The fourth-order valence-electron chi connectivity index (χ4n) is 1.83. The molecule has 1 aliphatic heterocycles. The minimum Gasteiger partial charge on any atom is -0.489 e. The van der Waals surface area contributed by atoms with E-state index in [0.717, 1.165) is 40.7 Å². The van der Waals surface area contributed by atoms with Crippen molar-refractivity contribution in [3.05, 3.63) is 21.7 Å². The molecule has 2 rings (SSSR count). The minimum atomic E-state index is 0.634. The van der Waals surface area contributed by atoms with Crippen LogP contribution in [-0.2, 0) is 6.42 Å². The van der Waals surface area contributed by atoms with Gasteiger partial charge in [0.25, 0.3) is 0 Å². The van der Waals surface area contributed by atoms with E-state index in [9.17, 15) is 4.79 Å². The summed E-state index contributed by atoms with van der Waals surface area (Å²) in [7, 11) is 0. The van der Waals surface area contributed by atoms with Gasteiger partial charge in [0.05, 0.1) is 17.7 Å². The molecule has 0 aliphatic carbocycles. The lowest BCUT2D eigenvalue weighted by molar-refractivity contribution is 0.112. The van der Waals surface area contributed by atoms with E-state index in [0.29, 0.717) is 18.8 Å². The largest absolute Gasteiger partial charge is 0.489 e. The maximum absolute atomic E-state index is 11.0. The standard InChI is InChI=1S/C12H13BrO3/c1-2-9-8(7-14)6-10(13)12-11(9)15-4-3-5-16-12/h6-7H,2-5H2,1H3. The number of hydrogen-bond donors (Lipinski definition) is 0. The second kappa shape index (κ2) is 4.87. The third kappa shape index (κ3) is 1.94. The summed E-state index contributed by atoms with van der Waals surface area (Å²) in [6.07, 6.45) is 2.48. The van der Waals surface area contributed by atoms with Gasteiger partial charge in [-0.05, 0) is 28.4 Å². The third-order valence-electron chi connectivity index (χ3n) is 2.59. The third-order valence-corrected chi connectivity index (χ3v) is 3.18. The highest BCUT2D eigenvalue weighted by Crippen LogP contribution is 2.41. The molecule has 0 saturated carbocycles. The summed E-state index contributed by atoms with van der Waals surface area (Å²) in [5, 5.41) is 0. The normalized spacial score (nSPS) is 14.4. The van der Waals surface area contributed by atoms with Crippen LogP contribution >= 0.6 is 15.9 Å². The maximum Gasteiger partial charge on any atom is 0.175 e. The molecule has 0 amide bonds. The molecule has 1 aromatic rings. The number of carbonyl (C=O) groups excluding carboxylic acids is 1. The van der Waals surface area contributed by atoms with E-state index in [1.165, 1.54) is 0 Å². The topological polar surface area (TPSA) is 35.5 Å². The number of rotatable bonds is 2. The van der Waals surface area contributed by atoms with Crippen molar-refractivity contribution in [3.63, 3.8) is 0 Å². The Morgan fingerprint density at radius 2 is 2.06 bits per heavy atom. The van der Waals surface area contributed by atoms with E-state index >= 15 is 0 Å². The second-order valence-corrected chi connectivity index (χ2v) is 4.46. The fourth-order valence-corrected chi connectivity index (χ4v) is 2.37. The van der Waals surface area contributed by atoms with Crippen LogP contribution in [0, 0.1) is 0 Å². The summed E-state index contributed by atoms with van der Waals surface area (Å²) in [5.74, 6) is 1.44. The molecule has 0 bridgehead atoms. The minimum absolute atomic E-state index is 0.634. The van der Waals surface area contributed by atoms with Gasteiger partial charge in [0.1, 0.15) is 0 Å². The van der Waals surface area contributed by atoms with Crippen LogP contribution in [0.15, 0.2) is 10.5 Å². The van der Waals surface area contributed by atoms with Gasteiger partial charge in [-0.25, -0.2) is 0 Å². The SMILES string of the molecule is CCc1c(C=O)cc(Br)c2c1OCCCO2. The van der Waals surface area contributed by atoms with E-state index in [1.54, 1.807) is 6.07 Å². The van der Waals surface area contributed by atoms with E-state index < -0.39 is 0 Å². The smallest absolute Gasteiger partial charge is 0.175 e. The van der Waals surface area contributed by atoms with Crippen molar-refractivity contribution in [1.82, 2.24) is 0 Å². The number of carbonyl (C=O) groups is 1. The van der Waals surface area contributed by atoms with E-state index in [4.69, 9.17) is 9.47 Å². The highest BCUT2D eigenvalue weighted by atomic mass is 79.9. The van der Waals surface area contributed by atoms with Crippen molar-refractivity contribution >= 4 is 22.2 Å². The summed E-state index contributed by atoms with van der Waals surface area (Å²) < 4.78 is 12.1. The van der Waals surface area contributed by atoms with Gasteiger partial charge in [-0.3, -0.25) is 4.79 Å². The molecular weight excluding hydrogens is 272 g/mol. The average Bonchev–Trinajstić information content (AvgIpc) is 2.54. The van der Waals surface area contributed by atoms with Crippen molar-refractivity contribution in [3.8, 4) is 11.5 Å². The molecule has 4 heteroatoms. The summed E-state index contributed by atoms with van der Waals surface area (Å²) >= 11 is 3.41. The van der Waals surface area contributed by atoms with Crippen molar-refractivity contribution in [1.29, 1.82) is 0 Å². The van der Waals surface area contributed by atoms with E-state index in [1.807, 2.05) is 6.92 Å². The number of halogens is 1. The summed E-state index contributed by atoms with van der Waals surface area (Å²) in [5.41, 5.74) is 1.59. The van der Waals surface area contributed by atoms with Crippen LogP contribution in [-0.4, -0.2) is 19.5 Å². The Bertz CT molecular complexity index is 415. The molecule has 0 radical (unpaired) electrons. The zero-order chi connectivity index (χ0) is 11.5. The van der Waals surface area contributed by atoms with Gasteiger partial charge in [0.2, 0.25) is 0 Å². The Balaban J connectivity index is 2.61. The molecule has 0 aromatic heterocycles. The van der Waals surface area contributed by atoms with Gasteiger partial charge < -0.3 is 9.47 Å². The van der Waals surface area contributed by atoms with Gasteiger partial charge in [-0.1, -0.05) is 6.92 Å². The van der Waals surface area contributed by atoms with Crippen molar-refractivity contribution in [2.75, 3.05) is 13.2 Å². The molecule has 0 fully saturated rings. The summed E-state index contributed by atoms with van der Waals surface area (Å²) in [6.45, 7) is 3.29. The monoisotopic (exact) mass is 284 g/mol. The highest BCUT2D eigenvalue weighted by molar-refractivity contribution is 9.10. The zero-order valence-electron chi connectivity index (χ0n) is 9.09. The first kappa shape index (κ1) is 11.5. The average molecular weight is 285 g/mol. The van der Waals surface area contributed by atoms with E-state index in [2.05, 4.69) is 15.9 Å². The molecule has 0 spiro atoms. The van der Waals surface area contributed by atoms with Crippen LogP contribution in [0.2, 0.25) is 0 Å². The molecule has 1 aromatic carbocycles. The first-order valence-corrected chi connectivity index (χ1v) is 6.13. The predicted octanol–water partition coefficient (Wildman–Crippen LogP) is 2.99. The molecule has 16 heavy (non-hydrogen) atoms. The maximum atomic E-state index is 11.0. The van der Waals surface area contributed by atoms with Crippen LogP contribution in [0.5, 0.6) is 11.5 Å². The first-order chi connectivity index (χ1) is 7.77. The van der Waals surface area contributed by atoms with Crippen LogP contribution < -0.4 is 9.47 Å².